The predicted molar refractivity (Wildman–Crippen MR) is 94.7 cm³/mol. The minimum atomic E-state index is -0.403. The molecule has 134 valence electrons. The van der Waals surface area contributed by atoms with Crippen molar-refractivity contribution in [1.82, 2.24) is 10.2 Å². The molecule has 25 heavy (non-hydrogen) atoms. The third-order valence-corrected chi connectivity index (χ3v) is 5.68. The van der Waals surface area contributed by atoms with Crippen molar-refractivity contribution in [3.8, 4) is 0 Å². The molecule has 0 aromatic heterocycles. The maximum Gasteiger partial charge on any atom is 0.293 e. The third-order valence-electron chi connectivity index (χ3n) is 5.68. The number of carbonyl (C=O) groups is 1. The lowest BCUT2D eigenvalue weighted by Crippen LogP contribution is -2.32. The Hall–Kier alpha value is -2.15. The highest BCUT2D eigenvalue weighted by Crippen LogP contribution is 2.32. The summed E-state index contributed by atoms with van der Waals surface area (Å²) in [7, 11) is 0. The van der Waals surface area contributed by atoms with E-state index in [0.29, 0.717) is 29.1 Å². The standard InChI is InChI=1S/C18H24N4O3/c23-18(21-7-5-13-10-19-11-14(13)6-8-21)12-1-4-16(20-15-2-3-15)17(9-12)22(24)25/h1,4,9,13-15,19-20H,2-3,5-8,10-11H2/t13-,14+. The van der Waals surface area contributed by atoms with Gasteiger partial charge in [-0.3, -0.25) is 14.9 Å². The number of amides is 1. The molecule has 3 fully saturated rings. The van der Waals surface area contributed by atoms with Gasteiger partial charge in [0, 0.05) is 30.8 Å². The fourth-order valence-corrected chi connectivity index (χ4v) is 3.99. The highest BCUT2D eigenvalue weighted by molar-refractivity contribution is 5.95. The molecule has 1 amide bonds. The number of hydrogen-bond acceptors (Lipinski definition) is 5. The van der Waals surface area contributed by atoms with Crippen LogP contribution >= 0.6 is 0 Å². The van der Waals surface area contributed by atoms with Crippen LogP contribution in [-0.4, -0.2) is 48.0 Å². The highest BCUT2D eigenvalue weighted by atomic mass is 16.6. The summed E-state index contributed by atoms with van der Waals surface area (Å²) in [5, 5.41) is 18.0. The lowest BCUT2D eigenvalue weighted by Gasteiger charge is -2.21. The summed E-state index contributed by atoms with van der Waals surface area (Å²) in [5.41, 5.74) is 0.924. The molecule has 7 heteroatoms. The number of fused-ring (bicyclic) bond motifs is 1. The SMILES string of the molecule is O=C(c1ccc(NC2CC2)c([N+](=O)[O-])c1)N1CC[C@@H]2CNC[C@@H]2CC1. The van der Waals surface area contributed by atoms with Crippen LogP contribution in [0, 0.1) is 22.0 Å². The van der Waals surface area contributed by atoms with E-state index < -0.39 is 4.92 Å². The summed E-state index contributed by atoms with van der Waals surface area (Å²) < 4.78 is 0. The van der Waals surface area contributed by atoms with Gasteiger partial charge in [0.15, 0.2) is 0 Å². The topological polar surface area (TPSA) is 87.5 Å². The van der Waals surface area contributed by atoms with Crippen LogP contribution in [0.4, 0.5) is 11.4 Å². The third kappa shape index (κ3) is 3.46. The Balaban J connectivity index is 1.51. The molecule has 3 aliphatic rings. The van der Waals surface area contributed by atoms with Crippen LogP contribution < -0.4 is 10.6 Å². The van der Waals surface area contributed by atoms with Gasteiger partial charge in [-0.05, 0) is 62.7 Å². The zero-order valence-electron chi connectivity index (χ0n) is 14.2. The van der Waals surface area contributed by atoms with E-state index >= 15 is 0 Å². The van der Waals surface area contributed by atoms with Crippen LogP contribution in [0.2, 0.25) is 0 Å². The summed E-state index contributed by atoms with van der Waals surface area (Å²) >= 11 is 0. The quantitative estimate of drug-likeness (QED) is 0.646. The van der Waals surface area contributed by atoms with E-state index in [2.05, 4.69) is 10.6 Å². The fourth-order valence-electron chi connectivity index (χ4n) is 3.99. The smallest absolute Gasteiger partial charge is 0.293 e. The molecule has 4 rings (SSSR count). The molecule has 0 radical (unpaired) electrons. The molecule has 0 spiro atoms. The summed E-state index contributed by atoms with van der Waals surface area (Å²) in [6, 6.07) is 5.16. The monoisotopic (exact) mass is 344 g/mol. The van der Waals surface area contributed by atoms with Gasteiger partial charge in [0.25, 0.3) is 11.6 Å². The lowest BCUT2D eigenvalue weighted by atomic mass is 9.92. The molecule has 0 bridgehead atoms. The number of nitrogens with zero attached hydrogens (tertiary/aromatic N) is 2. The van der Waals surface area contributed by atoms with Crippen LogP contribution in [-0.2, 0) is 0 Å². The fraction of sp³-hybridized carbons (Fsp3) is 0.611. The van der Waals surface area contributed by atoms with Crippen molar-refractivity contribution < 1.29 is 9.72 Å². The van der Waals surface area contributed by atoms with Crippen molar-refractivity contribution in [2.75, 3.05) is 31.5 Å². The molecule has 2 aliphatic heterocycles. The zero-order valence-corrected chi connectivity index (χ0v) is 14.2. The Morgan fingerprint density at radius 3 is 2.44 bits per heavy atom. The molecule has 7 nitrogen and oxygen atoms in total. The van der Waals surface area contributed by atoms with Gasteiger partial charge in [-0.15, -0.1) is 0 Å². The van der Waals surface area contributed by atoms with Gasteiger partial charge in [0.1, 0.15) is 5.69 Å². The minimum Gasteiger partial charge on any atom is -0.377 e. The molecule has 2 heterocycles. The molecule has 2 saturated heterocycles. The van der Waals surface area contributed by atoms with E-state index in [9.17, 15) is 14.9 Å². The van der Waals surface area contributed by atoms with Gasteiger partial charge in [-0.1, -0.05) is 0 Å². The largest absolute Gasteiger partial charge is 0.377 e. The Bertz CT molecular complexity index is 675. The molecule has 2 N–H and O–H groups in total. The van der Waals surface area contributed by atoms with Gasteiger partial charge in [-0.25, -0.2) is 0 Å². The summed E-state index contributed by atoms with van der Waals surface area (Å²) in [4.78, 5) is 25.7. The van der Waals surface area contributed by atoms with Crippen LogP contribution in [0.25, 0.3) is 0 Å². The number of nitrogens with one attached hydrogen (secondary N) is 2. The lowest BCUT2D eigenvalue weighted by molar-refractivity contribution is -0.384. The second kappa shape index (κ2) is 6.63. The molecular formula is C18H24N4O3. The number of likely N-dealkylation sites (tertiary alicyclic amines) is 1. The first-order chi connectivity index (χ1) is 12.1. The second-order valence-corrected chi connectivity index (χ2v) is 7.46. The molecule has 2 atom stereocenters. The Morgan fingerprint density at radius 1 is 1.16 bits per heavy atom. The first-order valence-electron chi connectivity index (χ1n) is 9.17. The normalized spacial score (nSPS) is 26.0. The first kappa shape index (κ1) is 16.3. The van der Waals surface area contributed by atoms with Crippen molar-refractivity contribution in [3.63, 3.8) is 0 Å². The summed E-state index contributed by atoms with van der Waals surface area (Å²) in [6.07, 6.45) is 4.10. The van der Waals surface area contributed by atoms with Crippen molar-refractivity contribution in [2.45, 2.75) is 31.7 Å². The van der Waals surface area contributed by atoms with Gasteiger partial charge in [0.05, 0.1) is 4.92 Å². The molecule has 1 aliphatic carbocycles. The number of carbonyl (C=O) groups excluding carboxylic acids is 1. The number of benzene rings is 1. The Morgan fingerprint density at radius 2 is 1.84 bits per heavy atom. The van der Waals surface area contributed by atoms with Gasteiger partial charge >= 0.3 is 0 Å². The zero-order chi connectivity index (χ0) is 17.4. The number of rotatable bonds is 4. The average Bonchev–Trinajstić information content (AvgIpc) is 3.35. The number of nitro groups is 1. The molecule has 1 aromatic carbocycles. The van der Waals surface area contributed by atoms with E-state index in [1.54, 1.807) is 12.1 Å². The van der Waals surface area contributed by atoms with Crippen molar-refractivity contribution in [1.29, 1.82) is 0 Å². The van der Waals surface area contributed by atoms with E-state index in [0.717, 1.165) is 51.9 Å². The van der Waals surface area contributed by atoms with Crippen molar-refractivity contribution >= 4 is 17.3 Å². The second-order valence-electron chi connectivity index (χ2n) is 7.46. The van der Waals surface area contributed by atoms with Gasteiger partial charge < -0.3 is 15.5 Å². The molecular weight excluding hydrogens is 320 g/mol. The van der Waals surface area contributed by atoms with E-state index in [-0.39, 0.29) is 11.6 Å². The number of nitro benzene ring substituents is 1. The van der Waals surface area contributed by atoms with Crippen LogP contribution in [0.3, 0.4) is 0 Å². The number of anilines is 1. The predicted octanol–water partition coefficient (Wildman–Crippen LogP) is 2.24. The maximum absolute atomic E-state index is 12.9. The van der Waals surface area contributed by atoms with Gasteiger partial charge in [0.2, 0.25) is 0 Å². The van der Waals surface area contributed by atoms with Crippen LogP contribution in [0.15, 0.2) is 18.2 Å². The van der Waals surface area contributed by atoms with E-state index in [4.69, 9.17) is 0 Å². The molecule has 1 saturated carbocycles. The average molecular weight is 344 g/mol. The van der Waals surface area contributed by atoms with E-state index in [1.165, 1.54) is 6.07 Å². The minimum absolute atomic E-state index is 0.00589. The summed E-state index contributed by atoms with van der Waals surface area (Å²) in [5.74, 6) is 1.21. The Kier molecular flexibility index (Phi) is 4.33. The number of hydrogen-bond donors (Lipinski definition) is 2. The van der Waals surface area contributed by atoms with Crippen molar-refractivity contribution in [2.24, 2.45) is 11.8 Å². The first-order valence-corrected chi connectivity index (χ1v) is 9.17. The van der Waals surface area contributed by atoms with Crippen molar-refractivity contribution in [3.05, 3.63) is 33.9 Å². The van der Waals surface area contributed by atoms with E-state index in [1.807, 2.05) is 4.90 Å². The van der Waals surface area contributed by atoms with Crippen LogP contribution in [0.1, 0.15) is 36.0 Å². The Labute approximate surface area is 146 Å². The molecule has 0 unspecified atom stereocenters. The summed E-state index contributed by atoms with van der Waals surface area (Å²) in [6.45, 7) is 3.55. The maximum atomic E-state index is 12.9. The van der Waals surface area contributed by atoms with Crippen LogP contribution in [0.5, 0.6) is 0 Å². The highest BCUT2D eigenvalue weighted by Gasteiger charge is 2.32. The molecule has 1 aromatic rings. The van der Waals surface area contributed by atoms with Gasteiger partial charge in [-0.2, -0.15) is 0 Å².